The Hall–Kier alpha value is -2.65. The maximum absolute atomic E-state index is 12.1. The molecule has 0 aromatic heterocycles. The van der Waals surface area contributed by atoms with E-state index in [0.29, 0.717) is 24.4 Å². The number of hydrogen-bond acceptors (Lipinski definition) is 7. The van der Waals surface area contributed by atoms with Gasteiger partial charge in [0, 0.05) is 23.6 Å². The molecule has 1 aromatic carbocycles. The molecule has 10 heteroatoms. The zero-order valence-electron chi connectivity index (χ0n) is 16.2. The molecular formula is C18H27N5O5. The minimum absolute atomic E-state index is 0.00933. The minimum atomic E-state index is -0.858. The average Bonchev–Trinajstić information content (AvgIpc) is 2.69. The van der Waals surface area contributed by atoms with Crippen LogP contribution >= 0.6 is 0 Å². The van der Waals surface area contributed by atoms with Crippen molar-refractivity contribution in [1.82, 2.24) is 10.6 Å². The van der Waals surface area contributed by atoms with Crippen molar-refractivity contribution in [3.05, 3.63) is 40.3 Å². The van der Waals surface area contributed by atoms with E-state index in [-0.39, 0.29) is 38.1 Å². The molecule has 0 saturated carbocycles. The quantitative estimate of drug-likeness (QED) is 0.201. The summed E-state index contributed by atoms with van der Waals surface area (Å²) >= 11 is 0. The Morgan fingerprint density at radius 1 is 1.29 bits per heavy atom. The molecule has 0 aliphatic heterocycles. The number of likely N-dealkylation sites (N-methyl/N-ethyl adjacent to an activating group) is 1. The predicted octanol–water partition coefficient (Wildman–Crippen LogP) is 1.66. The lowest BCUT2D eigenvalue weighted by Gasteiger charge is -2.14. The lowest BCUT2D eigenvalue weighted by molar-refractivity contribution is -0.122. The van der Waals surface area contributed by atoms with Crippen molar-refractivity contribution in [3.8, 4) is 5.75 Å². The Morgan fingerprint density at radius 2 is 2.11 bits per heavy atom. The van der Waals surface area contributed by atoms with Gasteiger partial charge in [0.25, 0.3) is 5.91 Å². The number of amides is 1. The molecule has 0 aliphatic carbocycles. The Bertz CT molecular complexity index is 664. The zero-order chi connectivity index (χ0) is 20.6. The minimum Gasteiger partial charge on any atom is -0.491 e. The maximum Gasteiger partial charge on any atom is 0.251 e. The molecule has 0 saturated heterocycles. The Labute approximate surface area is 164 Å². The van der Waals surface area contributed by atoms with Gasteiger partial charge in [-0.25, -0.2) is 0 Å². The number of carbonyl (C=O) groups is 2. The number of Topliss-reactive ketones (excluding diaryl/α,β-unsaturated/α-hetero) is 1. The molecule has 1 aromatic rings. The average molecular weight is 393 g/mol. The van der Waals surface area contributed by atoms with Gasteiger partial charge < -0.3 is 24.8 Å². The molecule has 0 spiro atoms. The largest absolute Gasteiger partial charge is 0.491 e. The summed E-state index contributed by atoms with van der Waals surface area (Å²) < 4.78 is 16.0. The highest BCUT2D eigenvalue weighted by Gasteiger charge is 2.10. The number of nitrogens with one attached hydrogen (secondary N) is 2. The molecule has 10 nitrogen and oxygen atoms in total. The molecule has 0 aliphatic rings. The van der Waals surface area contributed by atoms with Crippen molar-refractivity contribution in [3.63, 3.8) is 0 Å². The number of hydrogen-bond donors (Lipinski definition) is 2. The van der Waals surface area contributed by atoms with Crippen LogP contribution in [0.5, 0.6) is 5.75 Å². The van der Waals surface area contributed by atoms with Crippen LogP contribution in [0.15, 0.2) is 29.4 Å². The first-order valence-electron chi connectivity index (χ1n) is 9.01. The standard InChI is InChI=1S/C18H27N5O5/c1-3-20-7-8-21-18(25)15-5-4-6-16(11-15)28-13-17(22-23-19)27-10-9-26-12-14(2)24/h4-6,11,17,20H,3,7-10,12-13H2,1-2H3,(H,21,25). The van der Waals surface area contributed by atoms with Crippen LogP contribution in [-0.4, -0.2) is 64.0 Å². The van der Waals surface area contributed by atoms with E-state index in [1.165, 1.54) is 6.92 Å². The first-order chi connectivity index (χ1) is 13.6. The monoisotopic (exact) mass is 393 g/mol. The molecule has 1 atom stereocenters. The van der Waals surface area contributed by atoms with Crippen LogP contribution in [0, 0.1) is 0 Å². The Balaban J connectivity index is 2.46. The van der Waals surface area contributed by atoms with E-state index in [2.05, 4.69) is 20.7 Å². The molecule has 154 valence electrons. The van der Waals surface area contributed by atoms with Crippen LogP contribution in [-0.2, 0) is 14.3 Å². The molecule has 0 heterocycles. The molecule has 1 unspecified atom stereocenters. The van der Waals surface area contributed by atoms with Crippen molar-refractivity contribution in [2.24, 2.45) is 5.11 Å². The summed E-state index contributed by atoms with van der Waals surface area (Å²) in [6, 6.07) is 6.68. The van der Waals surface area contributed by atoms with Gasteiger partial charge in [0.05, 0.1) is 13.2 Å². The molecule has 0 radical (unpaired) electrons. The molecule has 1 rings (SSSR count). The number of rotatable bonds is 15. The SMILES string of the molecule is CCNCCNC(=O)c1cccc(OCC(N=[N+]=[N-])OCCOCC(C)=O)c1. The number of benzene rings is 1. The van der Waals surface area contributed by atoms with Crippen LogP contribution in [0.1, 0.15) is 24.2 Å². The summed E-state index contributed by atoms with van der Waals surface area (Å²) in [5.74, 6) is 0.170. The first-order valence-corrected chi connectivity index (χ1v) is 9.01. The number of carbonyl (C=O) groups excluding carboxylic acids is 2. The first kappa shape index (κ1) is 23.4. The molecular weight excluding hydrogens is 366 g/mol. The third kappa shape index (κ3) is 10.5. The predicted molar refractivity (Wildman–Crippen MR) is 103 cm³/mol. The fourth-order valence-electron chi connectivity index (χ4n) is 2.07. The number of ether oxygens (including phenoxy) is 3. The van der Waals surface area contributed by atoms with Crippen LogP contribution in [0.2, 0.25) is 0 Å². The normalized spacial score (nSPS) is 11.4. The highest BCUT2D eigenvalue weighted by molar-refractivity contribution is 5.94. The molecule has 0 fully saturated rings. The Morgan fingerprint density at radius 3 is 2.82 bits per heavy atom. The second-order valence-corrected chi connectivity index (χ2v) is 5.73. The van der Waals surface area contributed by atoms with E-state index in [4.69, 9.17) is 19.7 Å². The number of ketones is 1. The van der Waals surface area contributed by atoms with Gasteiger partial charge in [-0.1, -0.05) is 18.1 Å². The van der Waals surface area contributed by atoms with E-state index in [1.807, 2.05) is 6.92 Å². The fraction of sp³-hybridized carbons (Fsp3) is 0.556. The number of azide groups is 1. The van der Waals surface area contributed by atoms with Crippen LogP contribution in [0.3, 0.4) is 0 Å². The molecule has 1 amide bonds. The van der Waals surface area contributed by atoms with Crippen LogP contribution < -0.4 is 15.4 Å². The second kappa shape index (κ2) is 14.4. The fourth-order valence-corrected chi connectivity index (χ4v) is 2.07. The van der Waals surface area contributed by atoms with Crippen molar-refractivity contribution in [1.29, 1.82) is 0 Å². The molecule has 28 heavy (non-hydrogen) atoms. The summed E-state index contributed by atoms with van der Waals surface area (Å²) in [4.78, 5) is 25.6. The summed E-state index contributed by atoms with van der Waals surface area (Å²) in [5, 5.41) is 9.44. The summed E-state index contributed by atoms with van der Waals surface area (Å²) in [6.45, 7) is 5.81. The van der Waals surface area contributed by atoms with E-state index < -0.39 is 6.23 Å². The van der Waals surface area contributed by atoms with Gasteiger partial charge in [-0.15, -0.1) is 0 Å². The van der Waals surface area contributed by atoms with Crippen molar-refractivity contribution in [2.45, 2.75) is 20.1 Å². The highest BCUT2D eigenvalue weighted by Crippen LogP contribution is 2.14. The van der Waals surface area contributed by atoms with Crippen molar-refractivity contribution < 1.29 is 23.8 Å². The van der Waals surface area contributed by atoms with Crippen LogP contribution in [0.4, 0.5) is 0 Å². The van der Waals surface area contributed by atoms with Gasteiger partial charge in [-0.2, -0.15) is 0 Å². The third-order valence-electron chi connectivity index (χ3n) is 3.35. The van der Waals surface area contributed by atoms with Gasteiger partial charge in [-0.3, -0.25) is 9.59 Å². The van der Waals surface area contributed by atoms with Crippen molar-refractivity contribution in [2.75, 3.05) is 46.1 Å². The smallest absolute Gasteiger partial charge is 0.251 e. The molecule has 0 bridgehead atoms. The zero-order valence-corrected chi connectivity index (χ0v) is 16.2. The highest BCUT2D eigenvalue weighted by atomic mass is 16.6. The summed E-state index contributed by atoms with van der Waals surface area (Å²) in [6.07, 6.45) is -0.858. The third-order valence-corrected chi connectivity index (χ3v) is 3.35. The van der Waals surface area contributed by atoms with Crippen LogP contribution in [0.25, 0.3) is 10.4 Å². The van der Waals surface area contributed by atoms with E-state index >= 15 is 0 Å². The number of nitrogens with zero attached hydrogens (tertiary/aromatic N) is 3. The van der Waals surface area contributed by atoms with E-state index in [0.717, 1.165) is 6.54 Å². The van der Waals surface area contributed by atoms with E-state index in [9.17, 15) is 9.59 Å². The maximum atomic E-state index is 12.1. The lowest BCUT2D eigenvalue weighted by Crippen LogP contribution is -2.31. The molecule has 2 N–H and O–H groups in total. The topological polar surface area (TPSA) is 135 Å². The van der Waals surface area contributed by atoms with Gasteiger partial charge in [-0.05, 0) is 37.2 Å². The van der Waals surface area contributed by atoms with Gasteiger partial charge >= 0.3 is 0 Å². The van der Waals surface area contributed by atoms with Gasteiger partial charge in [0.15, 0.2) is 12.0 Å². The van der Waals surface area contributed by atoms with Gasteiger partial charge in [0.1, 0.15) is 19.0 Å². The Kier molecular flexibility index (Phi) is 12.0. The summed E-state index contributed by atoms with van der Waals surface area (Å²) in [5.41, 5.74) is 9.10. The lowest BCUT2D eigenvalue weighted by atomic mass is 10.2. The second-order valence-electron chi connectivity index (χ2n) is 5.73. The van der Waals surface area contributed by atoms with E-state index in [1.54, 1.807) is 24.3 Å². The van der Waals surface area contributed by atoms with Crippen molar-refractivity contribution >= 4 is 11.7 Å². The van der Waals surface area contributed by atoms with Gasteiger partial charge in [0.2, 0.25) is 0 Å². The summed E-state index contributed by atoms with van der Waals surface area (Å²) in [7, 11) is 0.